The first-order chi connectivity index (χ1) is 10.3. The number of hydrogen-bond donors (Lipinski definition) is 2. The summed E-state index contributed by atoms with van der Waals surface area (Å²) in [7, 11) is 0. The van der Waals surface area contributed by atoms with E-state index in [-0.39, 0.29) is 5.91 Å². The first-order valence-electron chi connectivity index (χ1n) is 6.81. The summed E-state index contributed by atoms with van der Waals surface area (Å²) in [5.41, 5.74) is 1.96. The summed E-state index contributed by atoms with van der Waals surface area (Å²) in [4.78, 5) is 12.2. The monoisotopic (exact) mass is 283 g/mol. The molecule has 3 aromatic rings. The molecule has 4 rings (SSSR count). The number of fused-ring (bicyclic) bond motifs is 2. The fraction of sp³-hybridized carbons (Fsp3) is 0.308. The maximum absolute atomic E-state index is 12.2. The van der Waals surface area contributed by atoms with Crippen molar-refractivity contribution in [3.05, 3.63) is 35.4 Å². The number of aromatic amines is 1. The number of H-pyrrole nitrogens is 1. The average molecular weight is 283 g/mol. The molecule has 0 aliphatic carbocycles. The second-order valence-electron chi connectivity index (χ2n) is 5.00. The fourth-order valence-electron chi connectivity index (χ4n) is 2.58. The SMILES string of the molecule is O=C(NCc1nnc2n1CCC2)c1ccc2n[nH]nc2c1. The largest absolute Gasteiger partial charge is 0.345 e. The van der Waals surface area contributed by atoms with Crippen LogP contribution in [0.3, 0.4) is 0 Å². The highest BCUT2D eigenvalue weighted by molar-refractivity contribution is 5.97. The molecule has 1 aliphatic rings. The number of nitrogens with one attached hydrogen (secondary N) is 2. The number of aromatic nitrogens is 6. The molecule has 1 amide bonds. The third-order valence-corrected chi connectivity index (χ3v) is 3.67. The molecule has 2 aromatic heterocycles. The van der Waals surface area contributed by atoms with Crippen molar-refractivity contribution in [2.75, 3.05) is 0 Å². The van der Waals surface area contributed by atoms with Gasteiger partial charge in [-0.05, 0) is 24.6 Å². The third-order valence-electron chi connectivity index (χ3n) is 3.67. The van der Waals surface area contributed by atoms with Gasteiger partial charge in [0.25, 0.3) is 5.91 Å². The lowest BCUT2D eigenvalue weighted by Gasteiger charge is -2.05. The lowest BCUT2D eigenvalue weighted by molar-refractivity contribution is 0.0949. The predicted octanol–water partition coefficient (Wildman–Crippen LogP) is 0.426. The Morgan fingerprint density at radius 3 is 3.14 bits per heavy atom. The lowest BCUT2D eigenvalue weighted by atomic mass is 10.2. The molecule has 1 aromatic carbocycles. The van der Waals surface area contributed by atoms with Crippen molar-refractivity contribution in [3.63, 3.8) is 0 Å². The van der Waals surface area contributed by atoms with Gasteiger partial charge in [-0.2, -0.15) is 15.4 Å². The minimum Gasteiger partial charge on any atom is -0.345 e. The van der Waals surface area contributed by atoms with Gasteiger partial charge in [-0.3, -0.25) is 4.79 Å². The van der Waals surface area contributed by atoms with E-state index >= 15 is 0 Å². The Morgan fingerprint density at radius 1 is 1.29 bits per heavy atom. The Balaban J connectivity index is 1.50. The maximum Gasteiger partial charge on any atom is 0.251 e. The van der Waals surface area contributed by atoms with Crippen molar-refractivity contribution in [3.8, 4) is 0 Å². The molecular formula is C13H13N7O. The smallest absolute Gasteiger partial charge is 0.251 e. The van der Waals surface area contributed by atoms with Crippen molar-refractivity contribution < 1.29 is 4.79 Å². The second-order valence-corrected chi connectivity index (χ2v) is 5.00. The molecule has 0 fully saturated rings. The van der Waals surface area contributed by atoms with Gasteiger partial charge in [0.05, 0.1) is 6.54 Å². The number of hydrogen-bond acceptors (Lipinski definition) is 5. The fourth-order valence-corrected chi connectivity index (χ4v) is 2.58. The molecule has 0 atom stereocenters. The van der Waals surface area contributed by atoms with Crippen molar-refractivity contribution in [2.24, 2.45) is 0 Å². The van der Waals surface area contributed by atoms with Crippen molar-refractivity contribution in [1.82, 2.24) is 35.5 Å². The van der Waals surface area contributed by atoms with E-state index in [1.165, 1.54) is 0 Å². The van der Waals surface area contributed by atoms with Gasteiger partial charge in [-0.1, -0.05) is 0 Å². The molecule has 21 heavy (non-hydrogen) atoms. The molecule has 0 saturated heterocycles. The zero-order valence-electron chi connectivity index (χ0n) is 11.2. The van der Waals surface area contributed by atoms with Crippen LogP contribution in [0, 0.1) is 0 Å². The standard InChI is InChI=1S/C13H13N7O/c21-13(8-3-4-9-10(6-8)16-19-15-9)14-7-12-18-17-11-2-1-5-20(11)12/h3-4,6H,1-2,5,7H2,(H,14,21)(H,15,16,19). The number of benzene rings is 1. The van der Waals surface area contributed by atoms with Crippen LogP contribution in [-0.4, -0.2) is 36.1 Å². The van der Waals surface area contributed by atoms with Crippen LogP contribution < -0.4 is 5.32 Å². The summed E-state index contributed by atoms with van der Waals surface area (Å²) in [6.45, 7) is 1.31. The van der Waals surface area contributed by atoms with Gasteiger partial charge in [-0.15, -0.1) is 10.2 Å². The summed E-state index contributed by atoms with van der Waals surface area (Å²) >= 11 is 0. The maximum atomic E-state index is 12.2. The van der Waals surface area contributed by atoms with Gasteiger partial charge in [0.2, 0.25) is 0 Å². The topological polar surface area (TPSA) is 101 Å². The molecule has 106 valence electrons. The number of aryl methyl sites for hydroxylation is 1. The summed E-state index contributed by atoms with van der Waals surface area (Å²) in [6.07, 6.45) is 2.05. The number of nitrogens with zero attached hydrogens (tertiary/aromatic N) is 5. The van der Waals surface area contributed by atoms with Crippen LogP contribution in [0.5, 0.6) is 0 Å². The quantitative estimate of drug-likeness (QED) is 0.725. The van der Waals surface area contributed by atoms with E-state index in [4.69, 9.17) is 0 Å². The van der Waals surface area contributed by atoms with Crippen LogP contribution in [0.2, 0.25) is 0 Å². The van der Waals surface area contributed by atoms with Gasteiger partial charge in [-0.25, -0.2) is 0 Å². The zero-order chi connectivity index (χ0) is 14.2. The number of rotatable bonds is 3. The van der Waals surface area contributed by atoms with Crippen LogP contribution in [0.15, 0.2) is 18.2 Å². The summed E-state index contributed by atoms with van der Waals surface area (Å²) in [5, 5.41) is 21.6. The molecule has 0 radical (unpaired) electrons. The summed E-state index contributed by atoms with van der Waals surface area (Å²) < 4.78 is 2.07. The van der Waals surface area contributed by atoms with E-state index in [9.17, 15) is 4.79 Å². The van der Waals surface area contributed by atoms with Gasteiger partial charge < -0.3 is 9.88 Å². The third kappa shape index (κ3) is 2.04. The highest BCUT2D eigenvalue weighted by Gasteiger charge is 2.17. The molecule has 3 heterocycles. The molecule has 0 bridgehead atoms. The Hall–Kier alpha value is -2.77. The summed E-state index contributed by atoms with van der Waals surface area (Å²) in [5.74, 6) is 1.65. The van der Waals surface area contributed by atoms with Gasteiger partial charge in [0, 0.05) is 18.5 Å². The van der Waals surface area contributed by atoms with E-state index in [1.54, 1.807) is 18.2 Å². The van der Waals surface area contributed by atoms with Gasteiger partial charge in [0.15, 0.2) is 5.82 Å². The van der Waals surface area contributed by atoms with Crippen molar-refractivity contribution in [2.45, 2.75) is 25.9 Å². The van der Waals surface area contributed by atoms with Crippen LogP contribution in [0.25, 0.3) is 11.0 Å². The predicted molar refractivity (Wildman–Crippen MR) is 73.4 cm³/mol. The highest BCUT2D eigenvalue weighted by Crippen LogP contribution is 2.14. The zero-order valence-corrected chi connectivity index (χ0v) is 11.2. The Kier molecular flexibility index (Phi) is 2.66. The van der Waals surface area contributed by atoms with Crippen LogP contribution in [0.1, 0.15) is 28.4 Å². The molecule has 2 N–H and O–H groups in total. The van der Waals surface area contributed by atoms with E-state index in [1.807, 2.05) is 0 Å². The van der Waals surface area contributed by atoms with E-state index in [2.05, 4.69) is 35.5 Å². The molecule has 0 unspecified atom stereocenters. The minimum absolute atomic E-state index is 0.157. The highest BCUT2D eigenvalue weighted by atomic mass is 16.1. The molecule has 8 heteroatoms. The van der Waals surface area contributed by atoms with E-state index in [0.29, 0.717) is 17.6 Å². The van der Waals surface area contributed by atoms with Gasteiger partial charge >= 0.3 is 0 Å². The Bertz CT molecular complexity index is 819. The van der Waals surface area contributed by atoms with Crippen molar-refractivity contribution >= 4 is 16.9 Å². The van der Waals surface area contributed by atoms with E-state index in [0.717, 1.165) is 36.6 Å². The average Bonchev–Trinajstić information content (AvgIpc) is 3.20. The Morgan fingerprint density at radius 2 is 2.19 bits per heavy atom. The number of carbonyl (C=O) groups excluding carboxylic acids is 1. The number of amides is 1. The Labute approximate surface area is 119 Å². The first kappa shape index (κ1) is 12.0. The lowest BCUT2D eigenvalue weighted by Crippen LogP contribution is -2.24. The molecule has 0 saturated carbocycles. The molecule has 0 spiro atoms. The van der Waals surface area contributed by atoms with Crippen LogP contribution >= 0.6 is 0 Å². The van der Waals surface area contributed by atoms with Crippen LogP contribution in [0.4, 0.5) is 0 Å². The van der Waals surface area contributed by atoms with Crippen molar-refractivity contribution in [1.29, 1.82) is 0 Å². The summed E-state index contributed by atoms with van der Waals surface area (Å²) in [6, 6.07) is 5.21. The number of carbonyl (C=O) groups is 1. The van der Waals surface area contributed by atoms with E-state index < -0.39 is 0 Å². The normalized spacial score (nSPS) is 13.5. The van der Waals surface area contributed by atoms with Crippen LogP contribution in [-0.2, 0) is 19.5 Å². The minimum atomic E-state index is -0.157. The molecule has 8 nitrogen and oxygen atoms in total. The second kappa shape index (κ2) is 4.65. The molecular weight excluding hydrogens is 270 g/mol. The van der Waals surface area contributed by atoms with Gasteiger partial charge in [0.1, 0.15) is 16.9 Å². The molecule has 1 aliphatic heterocycles. The first-order valence-corrected chi connectivity index (χ1v) is 6.81.